The Morgan fingerprint density at radius 2 is 2.22 bits per heavy atom. The van der Waals surface area contributed by atoms with Gasteiger partial charge in [-0.05, 0) is 50.4 Å². The molecular weight excluding hydrogens is 310 g/mol. The van der Waals surface area contributed by atoms with Gasteiger partial charge in [-0.2, -0.15) is 0 Å². The van der Waals surface area contributed by atoms with Crippen LogP contribution in [0.15, 0.2) is 28.8 Å². The molecule has 0 radical (unpaired) electrons. The van der Waals surface area contributed by atoms with E-state index >= 15 is 0 Å². The zero-order valence-corrected chi connectivity index (χ0v) is 13.6. The Bertz CT molecular complexity index is 848. The summed E-state index contributed by atoms with van der Waals surface area (Å²) in [4.78, 5) is 22.2. The normalized spacial score (nSPS) is 32.3. The van der Waals surface area contributed by atoms with Crippen molar-refractivity contribution in [3.63, 3.8) is 0 Å². The highest BCUT2D eigenvalue weighted by atomic mass is 32.1. The van der Waals surface area contributed by atoms with Crippen molar-refractivity contribution in [3.8, 4) is 0 Å². The van der Waals surface area contributed by atoms with Crippen molar-refractivity contribution in [1.29, 1.82) is 0 Å². The molecule has 0 aliphatic carbocycles. The molecule has 6 rings (SSSR count). The van der Waals surface area contributed by atoms with Crippen molar-refractivity contribution >= 4 is 26.8 Å². The molecule has 0 saturated carbocycles. The minimum Gasteiger partial charge on any atom is -0.365 e. The summed E-state index contributed by atoms with van der Waals surface area (Å²) in [6.07, 6.45) is 5.95. The molecule has 0 unspecified atom stereocenters. The summed E-state index contributed by atoms with van der Waals surface area (Å²) in [5.41, 5.74) is 0.953. The van der Waals surface area contributed by atoms with Crippen LogP contribution in [0.3, 0.4) is 0 Å². The van der Waals surface area contributed by atoms with Crippen LogP contribution >= 0.6 is 11.3 Å². The van der Waals surface area contributed by atoms with Gasteiger partial charge in [-0.1, -0.05) is 11.3 Å². The Kier molecular flexibility index (Phi) is 2.84. The van der Waals surface area contributed by atoms with E-state index in [1.165, 1.54) is 43.3 Å². The Morgan fingerprint density at radius 1 is 1.35 bits per heavy atom. The van der Waals surface area contributed by atoms with Crippen LogP contribution in [0, 0.1) is 5.92 Å². The average molecular weight is 329 g/mol. The van der Waals surface area contributed by atoms with Gasteiger partial charge in [0.05, 0.1) is 5.54 Å². The first-order chi connectivity index (χ1) is 11.2. The first kappa shape index (κ1) is 13.6. The number of aromatic nitrogens is 2. The number of thiazole rings is 1. The highest BCUT2D eigenvalue weighted by molar-refractivity contribution is 7.21. The van der Waals surface area contributed by atoms with Crippen LogP contribution in [0.1, 0.15) is 19.3 Å². The van der Waals surface area contributed by atoms with E-state index in [1.54, 1.807) is 6.07 Å². The van der Waals surface area contributed by atoms with E-state index in [0.29, 0.717) is 0 Å². The van der Waals surface area contributed by atoms with Gasteiger partial charge in [0.25, 0.3) is 0 Å². The Hall–Kier alpha value is -1.86. The quantitative estimate of drug-likeness (QED) is 0.782. The summed E-state index contributed by atoms with van der Waals surface area (Å²) in [5.74, 6) is 1.83. The summed E-state index contributed by atoms with van der Waals surface area (Å²) >= 11 is 1.48. The van der Waals surface area contributed by atoms with Gasteiger partial charge in [0.2, 0.25) is 5.56 Å². The molecule has 0 aromatic carbocycles. The highest BCUT2D eigenvalue weighted by Gasteiger charge is 2.48. The zero-order chi connectivity index (χ0) is 15.4. The number of aromatic amines is 1. The van der Waals surface area contributed by atoms with Gasteiger partial charge in [-0.3, -0.25) is 4.79 Å². The zero-order valence-electron chi connectivity index (χ0n) is 12.8. The highest BCUT2D eigenvalue weighted by Crippen LogP contribution is 2.41. The lowest BCUT2D eigenvalue weighted by atomic mass is 9.72. The van der Waals surface area contributed by atoms with Crippen molar-refractivity contribution in [2.24, 2.45) is 5.92 Å². The van der Waals surface area contributed by atoms with Crippen LogP contribution in [-0.4, -0.2) is 40.0 Å². The molecule has 1 atom stereocenters. The van der Waals surface area contributed by atoms with Crippen LogP contribution in [0.25, 0.3) is 10.3 Å². The van der Waals surface area contributed by atoms with E-state index in [9.17, 15) is 4.79 Å². The molecule has 1 spiro atoms. The molecule has 6 nitrogen and oxygen atoms in total. The predicted octanol–water partition coefficient (Wildman–Crippen LogP) is 1.70. The molecule has 2 aromatic heterocycles. The Balaban J connectivity index is 1.36. The van der Waals surface area contributed by atoms with Crippen molar-refractivity contribution in [1.82, 2.24) is 20.2 Å². The lowest BCUT2D eigenvalue weighted by Crippen LogP contribution is -2.64. The summed E-state index contributed by atoms with van der Waals surface area (Å²) in [6.45, 7) is 3.65. The minimum absolute atomic E-state index is 0.0860. The second kappa shape index (κ2) is 4.82. The van der Waals surface area contributed by atoms with E-state index in [2.05, 4.69) is 31.6 Å². The summed E-state index contributed by atoms with van der Waals surface area (Å²) in [6, 6.07) is 3.28. The molecule has 4 aliphatic heterocycles. The molecule has 2 aromatic rings. The van der Waals surface area contributed by atoms with Crippen molar-refractivity contribution in [2.45, 2.75) is 24.8 Å². The predicted molar refractivity (Wildman–Crippen MR) is 91.6 cm³/mol. The summed E-state index contributed by atoms with van der Waals surface area (Å²) in [7, 11) is 0. The number of pyridine rings is 1. The van der Waals surface area contributed by atoms with Crippen LogP contribution in [0.2, 0.25) is 0 Å². The fraction of sp³-hybridized carbons (Fsp3) is 0.500. The smallest absolute Gasteiger partial charge is 0.249 e. The van der Waals surface area contributed by atoms with Crippen molar-refractivity contribution in [3.05, 3.63) is 34.4 Å². The lowest BCUT2D eigenvalue weighted by Gasteiger charge is -2.52. The SMILES string of the molecule is O=c1ccc2nc(NC3=CC[C@@]4(CN5CCC4CC5)N3)sc2[nH]1. The molecule has 4 aliphatic rings. The van der Waals surface area contributed by atoms with Crippen LogP contribution in [0.4, 0.5) is 5.13 Å². The first-order valence-electron chi connectivity index (χ1n) is 8.18. The Morgan fingerprint density at radius 3 is 3.00 bits per heavy atom. The third kappa shape index (κ3) is 2.18. The van der Waals surface area contributed by atoms with Gasteiger partial charge in [0, 0.05) is 12.6 Å². The number of nitrogens with zero attached hydrogens (tertiary/aromatic N) is 2. The van der Waals surface area contributed by atoms with E-state index in [1.807, 2.05) is 0 Å². The van der Waals surface area contributed by atoms with E-state index in [0.717, 1.165) is 40.2 Å². The molecule has 3 N–H and O–H groups in total. The summed E-state index contributed by atoms with van der Waals surface area (Å²) < 4.78 is 0. The molecule has 3 saturated heterocycles. The van der Waals surface area contributed by atoms with Gasteiger partial charge in [-0.15, -0.1) is 0 Å². The lowest BCUT2D eigenvalue weighted by molar-refractivity contribution is 0.0189. The topological polar surface area (TPSA) is 73.1 Å². The van der Waals surface area contributed by atoms with E-state index in [4.69, 9.17) is 0 Å². The van der Waals surface area contributed by atoms with E-state index in [-0.39, 0.29) is 11.1 Å². The fourth-order valence-electron chi connectivity index (χ4n) is 4.29. The largest absolute Gasteiger partial charge is 0.365 e. The molecular formula is C16H19N5OS. The maximum atomic E-state index is 11.4. The summed E-state index contributed by atoms with van der Waals surface area (Å²) in [5, 5.41) is 7.96. The maximum absolute atomic E-state index is 11.4. The van der Waals surface area contributed by atoms with Gasteiger partial charge < -0.3 is 20.5 Å². The second-order valence-corrected chi connectivity index (χ2v) is 7.83. The van der Waals surface area contributed by atoms with Crippen molar-refractivity contribution < 1.29 is 0 Å². The monoisotopic (exact) mass is 329 g/mol. The molecule has 23 heavy (non-hydrogen) atoms. The molecule has 3 fully saturated rings. The standard InChI is InChI=1S/C16H19N5OS/c22-13-2-1-11-14(19-13)23-15(17-11)18-12-3-6-16(20-12)9-21-7-4-10(16)5-8-21/h1-3,10,20H,4-9H2,(H,17,18)(H,19,22)/t16-/m0/s1. The molecule has 6 heterocycles. The molecule has 120 valence electrons. The van der Waals surface area contributed by atoms with Crippen LogP contribution < -0.4 is 16.2 Å². The van der Waals surface area contributed by atoms with Crippen molar-refractivity contribution in [2.75, 3.05) is 25.0 Å². The third-order valence-electron chi connectivity index (χ3n) is 5.45. The van der Waals surface area contributed by atoms with Crippen LogP contribution in [0.5, 0.6) is 0 Å². The van der Waals surface area contributed by atoms with Gasteiger partial charge in [-0.25, -0.2) is 4.98 Å². The molecule has 2 bridgehead atoms. The van der Waals surface area contributed by atoms with Gasteiger partial charge in [0.1, 0.15) is 16.2 Å². The van der Waals surface area contributed by atoms with E-state index < -0.39 is 0 Å². The number of H-pyrrole nitrogens is 1. The molecule has 7 heteroatoms. The number of hydrogen-bond donors (Lipinski definition) is 3. The average Bonchev–Trinajstić information content (AvgIpc) is 3.12. The fourth-order valence-corrected chi connectivity index (χ4v) is 5.16. The van der Waals surface area contributed by atoms with Crippen LogP contribution in [-0.2, 0) is 0 Å². The molecule has 0 amide bonds. The number of hydrogen-bond acceptors (Lipinski definition) is 6. The first-order valence-corrected chi connectivity index (χ1v) is 8.99. The van der Waals surface area contributed by atoms with Gasteiger partial charge in [0.15, 0.2) is 5.13 Å². The number of nitrogens with one attached hydrogen (secondary N) is 3. The van der Waals surface area contributed by atoms with Gasteiger partial charge >= 0.3 is 0 Å². The number of rotatable bonds is 2. The minimum atomic E-state index is -0.0860. The third-order valence-corrected chi connectivity index (χ3v) is 6.36. The number of piperidine rings is 3. The second-order valence-electron chi connectivity index (χ2n) is 6.83. The maximum Gasteiger partial charge on any atom is 0.249 e. The Labute approximate surface area is 137 Å². The number of fused-ring (bicyclic) bond motifs is 3. The number of anilines is 1.